The van der Waals surface area contributed by atoms with Gasteiger partial charge in [-0.1, -0.05) is 48.5 Å². The molecule has 0 bridgehead atoms. The van der Waals surface area contributed by atoms with Crippen molar-refractivity contribution in [3.63, 3.8) is 0 Å². The second-order valence-corrected chi connectivity index (χ2v) is 12.2. The lowest BCUT2D eigenvalue weighted by atomic mass is 9.93. The summed E-state index contributed by atoms with van der Waals surface area (Å²) in [6.07, 6.45) is -2.24. The Hall–Kier alpha value is -3.30. The quantitative estimate of drug-likeness (QED) is 0.420. The first-order valence-electron chi connectivity index (χ1n) is 10.5. The van der Waals surface area contributed by atoms with Gasteiger partial charge in [0.25, 0.3) is 0 Å². The normalized spacial score (nSPS) is 21.0. The fourth-order valence-electron chi connectivity index (χ4n) is 4.85. The van der Waals surface area contributed by atoms with Crippen molar-refractivity contribution < 1.29 is 27.0 Å². The molecule has 2 aliphatic heterocycles. The van der Waals surface area contributed by atoms with E-state index in [1.165, 1.54) is 24.3 Å². The largest absolute Gasteiger partial charge is 0.384 e. The molecule has 6 rings (SSSR count). The molecule has 0 radical (unpaired) electrons. The first-order chi connectivity index (χ1) is 16.2. The fraction of sp³-hybridized carbons (Fsp3) is 0.0769. The predicted octanol–water partition coefficient (Wildman–Crippen LogP) is 3.81. The zero-order valence-electron chi connectivity index (χ0n) is 17.6. The van der Waals surface area contributed by atoms with Crippen LogP contribution in [0.4, 0.5) is 0 Å². The van der Waals surface area contributed by atoms with Gasteiger partial charge in [0, 0.05) is 22.3 Å². The van der Waals surface area contributed by atoms with Crippen molar-refractivity contribution in [1.29, 1.82) is 0 Å². The summed E-state index contributed by atoms with van der Waals surface area (Å²) in [5, 5.41) is 21.9. The Kier molecular flexibility index (Phi) is 4.44. The van der Waals surface area contributed by atoms with Gasteiger partial charge in [0.1, 0.15) is 12.2 Å². The molecule has 0 fully saturated rings. The van der Waals surface area contributed by atoms with Gasteiger partial charge in [-0.3, -0.25) is 0 Å². The molecule has 4 aromatic rings. The van der Waals surface area contributed by atoms with Gasteiger partial charge >= 0.3 is 0 Å². The molecule has 2 heterocycles. The minimum Gasteiger partial charge on any atom is -0.384 e. The molecule has 0 saturated carbocycles. The van der Waals surface area contributed by atoms with Crippen molar-refractivity contribution in [1.82, 2.24) is 0 Å². The van der Waals surface area contributed by atoms with Crippen LogP contribution >= 0.6 is 0 Å². The van der Waals surface area contributed by atoms with Crippen LogP contribution in [0.1, 0.15) is 34.5 Å². The number of aliphatic hydroxyl groups is 2. The standard InChI is InChI=1S/C26H18O6S2/c27-25-17-5-1-3-7-21(17)33(29,30)23-11-9-15(13-19(23)25)16-10-12-24-20(14-16)26(28)18-6-2-4-8-22(18)34(24,31)32/h1-14,25-28H. The molecule has 170 valence electrons. The maximum Gasteiger partial charge on any atom is 0.207 e. The molecule has 0 spiro atoms. The SMILES string of the molecule is O=S1(=O)c2ccccc2C(O)c2cc(-c3ccc4c(c3)C(O)c3ccccc3S4(=O)=O)ccc21. The van der Waals surface area contributed by atoms with Crippen LogP contribution in [0.3, 0.4) is 0 Å². The number of benzene rings is 4. The second kappa shape index (κ2) is 7.10. The van der Waals surface area contributed by atoms with Crippen molar-refractivity contribution in [2.24, 2.45) is 0 Å². The predicted molar refractivity (Wildman–Crippen MR) is 124 cm³/mol. The van der Waals surface area contributed by atoms with Crippen molar-refractivity contribution in [2.75, 3.05) is 0 Å². The molecule has 4 aromatic carbocycles. The van der Waals surface area contributed by atoms with Crippen LogP contribution in [0, 0.1) is 0 Å². The third kappa shape index (κ3) is 2.80. The zero-order valence-corrected chi connectivity index (χ0v) is 19.2. The number of hydrogen-bond donors (Lipinski definition) is 2. The van der Waals surface area contributed by atoms with E-state index in [9.17, 15) is 27.0 Å². The summed E-state index contributed by atoms with van der Waals surface area (Å²) in [4.78, 5) is 0.251. The van der Waals surface area contributed by atoms with Gasteiger partial charge in [0.15, 0.2) is 0 Å². The summed E-state index contributed by atoms with van der Waals surface area (Å²) >= 11 is 0. The molecule has 2 unspecified atom stereocenters. The van der Waals surface area contributed by atoms with Gasteiger partial charge in [-0.25, -0.2) is 16.8 Å². The highest BCUT2D eigenvalue weighted by Crippen LogP contribution is 2.44. The molecular formula is C26H18O6S2. The molecule has 0 saturated heterocycles. The maximum atomic E-state index is 13.1. The lowest BCUT2D eigenvalue weighted by Gasteiger charge is -2.26. The van der Waals surface area contributed by atoms with Crippen LogP contribution in [-0.4, -0.2) is 27.0 Å². The van der Waals surface area contributed by atoms with Gasteiger partial charge in [-0.2, -0.15) is 0 Å². The fourth-order valence-corrected chi connectivity index (χ4v) is 8.27. The molecule has 2 atom stereocenters. The highest BCUT2D eigenvalue weighted by atomic mass is 32.2. The van der Waals surface area contributed by atoms with E-state index in [0.717, 1.165) is 0 Å². The first-order valence-corrected chi connectivity index (χ1v) is 13.5. The number of sulfone groups is 2. The van der Waals surface area contributed by atoms with Gasteiger partial charge in [-0.15, -0.1) is 0 Å². The van der Waals surface area contributed by atoms with Gasteiger partial charge < -0.3 is 10.2 Å². The smallest absolute Gasteiger partial charge is 0.207 e. The minimum atomic E-state index is -3.78. The molecule has 2 aliphatic rings. The Morgan fingerprint density at radius 2 is 0.824 bits per heavy atom. The van der Waals surface area contributed by atoms with Gasteiger partial charge in [0.2, 0.25) is 19.7 Å². The monoisotopic (exact) mass is 490 g/mol. The van der Waals surface area contributed by atoms with Crippen LogP contribution in [-0.2, 0) is 19.7 Å². The number of rotatable bonds is 1. The Labute approximate surface area is 196 Å². The van der Waals surface area contributed by atoms with Gasteiger partial charge in [0.05, 0.1) is 19.6 Å². The van der Waals surface area contributed by atoms with Gasteiger partial charge in [-0.05, 0) is 47.5 Å². The molecule has 2 N–H and O–H groups in total. The molecule has 6 nitrogen and oxygen atoms in total. The number of fused-ring (bicyclic) bond motifs is 4. The maximum absolute atomic E-state index is 13.1. The van der Waals surface area contributed by atoms with Crippen molar-refractivity contribution in [3.05, 3.63) is 107 Å². The van der Waals surface area contributed by atoms with Crippen molar-refractivity contribution >= 4 is 19.7 Å². The summed E-state index contributed by atoms with van der Waals surface area (Å²) in [6, 6.07) is 22.1. The summed E-state index contributed by atoms with van der Waals surface area (Å²) < 4.78 is 52.4. The van der Waals surface area contributed by atoms with E-state index in [1.807, 2.05) is 0 Å². The molecule has 0 amide bonds. The highest BCUT2D eigenvalue weighted by molar-refractivity contribution is 7.92. The Morgan fingerprint density at radius 1 is 0.471 bits per heavy atom. The van der Waals surface area contributed by atoms with E-state index in [4.69, 9.17) is 0 Å². The molecule has 0 aliphatic carbocycles. The van der Waals surface area contributed by atoms with E-state index in [1.54, 1.807) is 60.7 Å². The third-order valence-electron chi connectivity index (χ3n) is 6.53. The molecular weight excluding hydrogens is 472 g/mol. The lowest BCUT2D eigenvalue weighted by Crippen LogP contribution is -2.19. The Bertz CT molecular complexity index is 1590. The van der Waals surface area contributed by atoms with E-state index in [-0.39, 0.29) is 30.7 Å². The van der Waals surface area contributed by atoms with Crippen molar-refractivity contribution in [2.45, 2.75) is 31.8 Å². The van der Waals surface area contributed by atoms with Crippen molar-refractivity contribution in [3.8, 4) is 11.1 Å². The van der Waals surface area contributed by atoms with E-state index in [0.29, 0.717) is 22.3 Å². The number of hydrogen-bond acceptors (Lipinski definition) is 6. The summed E-state index contributed by atoms with van der Waals surface area (Å²) in [6.45, 7) is 0. The zero-order chi connectivity index (χ0) is 23.8. The van der Waals surface area contributed by atoms with Crippen LogP contribution in [0.15, 0.2) is 105 Å². The number of aliphatic hydroxyl groups excluding tert-OH is 2. The van der Waals surface area contributed by atoms with Crippen LogP contribution in [0.25, 0.3) is 11.1 Å². The topological polar surface area (TPSA) is 109 Å². The van der Waals surface area contributed by atoms with Crippen LogP contribution < -0.4 is 0 Å². The van der Waals surface area contributed by atoms with Crippen LogP contribution in [0.5, 0.6) is 0 Å². The minimum absolute atomic E-state index is 0.0388. The Morgan fingerprint density at radius 3 is 1.24 bits per heavy atom. The van der Waals surface area contributed by atoms with E-state index in [2.05, 4.69) is 0 Å². The lowest BCUT2D eigenvalue weighted by molar-refractivity contribution is 0.211. The van der Waals surface area contributed by atoms with Crippen LogP contribution in [0.2, 0.25) is 0 Å². The highest BCUT2D eigenvalue weighted by Gasteiger charge is 2.36. The molecule has 0 aromatic heterocycles. The first kappa shape index (κ1) is 21.2. The molecule has 8 heteroatoms. The van der Waals surface area contributed by atoms with E-state index >= 15 is 0 Å². The van der Waals surface area contributed by atoms with E-state index < -0.39 is 31.9 Å². The summed E-state index contributed by atoms with van der Waals surface area (Å²) in [5.41, 5.74) is 2.34. The summed E-state index contributed by atoms with van der Waals surface area (Å²) in [7, 11) is -7.57. The average molecular weight is 491 g/mol. The third-order valence-corrected chi connectivity index (χ3v) is 10.3. The molecule has 34 heavy (non-hydrogen) atoms. The second-order valence-electron chi connectivity index (χ2n) is 8.39. The average Bonchev–Trinajstić information content (AvgIpc) is 2.86. The Balaban J connectivity index is 1.51. The summed E-state index contributed by atoms with van der Waals surface area (Å²) in [5.74, 6) is 0.